The average Bonchev–Trinajstić information content (AvgIpc) is 2.44. The molecule has 0 saturated carbocycles. The summed E-state index contributed by atoms with van der Waals surface area (Å²) in [6, 6.07) is 2.47. The van der Waals surface area contributed by atoms with E-state index in [2.05, 4.69) is 38.9 Å². The van der Waals surface area contributed by atoms with Gasteiger partial charge < -0.3 is 5.73 Å². The van der Waals surface area contributed by atoms with Crippen LogP contribution in [0.2, 0.25) is 0 Å². The van der Waals surface area contributed by atoms with Crippen LogP contribution >= 0.6 is 0 Å². The monoisotopic (exact) mass is 223 g/mol. The Labute approximate surface area is 99.0 Å². The van der Waals surface area contributed by atoms with E-state index in [0.29, 0.717) is 0 Å². The van der Waals surface area contributed by atoms with E-state index in [-0.39, 0.29) is 11.5 Å². The summed E-state index contributed by atoms with van der Waals surface area (Å²) >= 11 is 0. The molecule has 92 valence electrons. The van der Waals surface area contributed by atoms with Gasteiger partial charge in [0, 0.05) is 18.8 Å². The van der Waals surface area contributed by atoms with Crippen LogP contribution < -0.4 is 5.73 Å². The highest BCUT2D eigenvalue weighted by Crippen LogP contribution is 2.27. The molecule has 0 fully saturated rings. The molecule has 1 unspecified atom stereocenters. The third-order valence-corrected chi connectivity index (χ3v) is 2.92. The minimum Gasteiger partial charge on any atom is -0.328 e. The molecule has 1 atom stereocenters. The molecule has 3 nitrogen and oxygen atoms in total. The normalized spacial score (nSPS) is 14.1. The number of aromatic nitrogens is 2. The van der Waals surface area contributed by atoms with E-state index >= 15 is 0 Å². The predicted molar refractivity (Wildman–Crippen MR) is 68.3 cm³/mol. The van der Waals surface area contributed by atoms with Crippen LogP contribution in [0.15, 0.2) is 6.07 Å². The highest BCUT2D eigenvalue weighted by Gasteiger charge is 2.22. The van der Waals surface area contributed by atoms with Gasteiger partial charge in [-0.05, 0) is 37.7 Å². The van der Waals surface area contributed by atoms with E-state index in [4.69, 9.17) is 5.73 Å². The van der Waals surface area contributed by atoms with Crippen molar-refractivity contribution in [1.29, 1.82) is 0 Å². The molecule has 0 amide bonds. The molecule has 1 aromatic rings. The molecule has 16 heavy (non-hydrogen) atoms. The first-order chi connectivity index (χ1) is 7.34. The molecule has 0 aliphatic rings. The van der Waals surface area contributed by atoms with Crippen molar-refractivity contribution in [2.45, 2.75) is 53.0 Å². The fraction of sp³-hybridized carbons (Fsp3) is 0.769. The molecule has 0 aliphatic heterocycles. The first-order valence-electron chi connectivity index (χ1n) is 6.11. The molecule has 2 N–H and O–H groups in total. The van der Waals surface area contributed by atoms with E-state index < -0.39 is 0 Å². The van der Waals surface area contributed by atoms with E-state index in [9.17, 15) is 0 Å². The van der Waals surface area contributed by atoms with Crippen LogP contribution in [0.25, 0.3) is 0 Å². The number of rotatable bonds is 5. The first-order valence-corrected chi connectivity index (χ1v) is 6.11. The first kappa shape index (κ1) is 13.2. The zero-order chi connectivity index (χ0) is 12.3. The van der Waals surface area contributed by atoms with Crippen LogP contribution in [0.3, 0.4) is 0 Å². The fourth-order valence-electron chi connectivity index (χ4n) is 2.34. The lowest BCUT2D eigenvalue weighted by atomic mass is 9.82. The number of nitrogens with zero attached hydrogens (tertiary/aromatic N) is 2. The van der Waals surface area contributed by atoms with Crippen LogP contribution in [0, 0.1) is 5.41 Å². The zero-order valence-corrected chi connectivity index (χ0v) is 11.2. The molecule has 0 aromatic carbocycles. The predicted octanol–water partition coefficient (Wildman–Crippen LogP) is 2.29. The SMILES string of the molecule is CCc1cc(CC(C)(C)CC(C)N)n(C)n1. The summed E-state index contributed by atoms with van der Waals surface area (Å²) < 4.78 is 2.00. The van der Waals surface area contributed by atoms with Gasteiger partial charge in [-0.15, -0.1) is 0 Å². The minimum absolute atomic E-state index is 0.243. The van der Waals surface area contributed by atoms with E-state index in [1.807, 2.05) is 11.7 Å². The molecule has 0 radical (unpaired) electrons. The van der Waals surface area contributed by atoms with Crippen LogP contribution in [0.4, 0.5) is 0 Å². The van der Waals surface area contributed by atoms with Crippen LogP contribution in [0.1, 0.15) is 45.5 Å². The Morgan fingerprint density at radius 2 is 2.12 bits per heavy atom. The highest BCUT2D eigenvalue weighted by atomic mass is 15.3. The Balaban J connectivity index is 2.74. The van der Waals surface area contributed by atoms with Crippen LogP contribution in [-0.4, -0.2) is 15.8 Å². The summed E-state index contributed by atoms with van der Waals surface area (Å²) in [6.45, 7) is 8.76. The van der Waals surface area contributed by atoms with Gasteiger partial charge in [-0.1, -0.05) is 20.8 Å². The number of aryl methyl sites for hydroxylation is 2. The van der Waals surface area contributed by atoms with Crippen molar-refractivity contribution in [1.82, 2.24) is 9.78 Å². The maximum Gasteiger partial charge on any atom is 0.0624 e. The summed E-state index contributed by atoms with van der Waals surface area (Å²) in [5.41, 5.74) is 8.61. The molecule has 3 heteroatoms. The Morgan fingerprint density at radius 1 is 1.50 bits per heavy atom. The Bertz CT molecular complexity index is 337. The molecule has 1 heterocycles. The Hall–Kier alpha value is -0.830. The van der Waals surface area contributed by atoms with Gasteiger partial charge in [0.25, 0.3) is 0 Å². The molecule has 0 saturated heterocycles. The van der Waals surface area contributed by atoms with Crippen LogP contribution in [-0.2, 0) is 19.9 Å². The van der Waals surface area contributed by atoms with Gasteiger partial charge >= 0.3 is 0 Å². The topological polar surface area (TPSA) is 43.8 Å². The second-order valence-electron chi connectivity index (χ2n) is 5.63. The molecule has 1 rings (SSSR count). The van der Waals surface area contributed by atoms with Crippen LogP contribution in [0.5, 0.6) is 0 Å². The lowest BCUT2D eigenvalue weighted by molar-refractivity contribution is 0.302. The van der Waals surface area contributed by atoms with Gasteiger partial charge in [0.1, 0.15) is 0 Å². The lowest BCUT2D eigenvalue weighted by Gasteiger charge is -2.26. The molecular weight excluding hydrogens is 198 g/mol. The third kappa shape index (κ3) is 3.63. The molecule has 0 aliphatic carbocycles. The van der Waals surface area contributed by atoms with Crippen molar-refractivity contribution in [3.63, 3.8) is 0 Å². The summed E-state index contributed by atoms with van der Waals surface area (Å²) in [5.74, 6) is 0. The highest BCUT2D eigenvalue weighted by molar-refractivity contribution is 5.11. The summed E-state index contributed by atoms with van der Waals surface area (Å²) in [5, 5.41) is 4.48. The van der Waals surface area contributed by atoms with Crippen molar-refractivity contribution in [3.05, 3.63) is 17.5 Å². The van der Waals surface area contributed by atoms with E-state index in [0.717, 1.165) is 19.3 Å². The summed E-state index contributed by atoms with van der Waals surface area (Å²) in [6.07, 6.45) is 3.08. The number of hydrogen-bond acceptors (Lipinski definition) is 2. The largest absolute Gasteiger partial charge is 0.328 e. The smallest absolute Gasteiger partial charge is 0.0624 e. The number of nitrogens with two attached hydrogens (primary N) is 1. The third-order valence-electron chi connectivity index (χ3n) is 2.92. The van der Waals surface area contributed by atoms with Gasteiger partial charge in [-0.2, -0.15) is 5.10 Å². The fourth-order valence-corrected chi connectivity index (χ4v) is 2.34. The van der Waals surface area contributed by atoms with Gasteiger partial charge in [-0.25, -0.2) is 0 Å². The van der Waals surface area contributed by atoms with E-state index in [1.165, 1.54) is 11.4 Å². The van der Waals surface area contributed by atoms with E-state index in [1.54, 1.807) is 0 Å². The van der Waals surface area contributed by atoms with Gasteiger partial charge in [0.15, 0.2) is 0 Å². The second kappa shape index (κ2) is 5.00. The standard InChI is InChI=1S/C13H25N3/c1-6-11-7-12(16(5)15-11)9-13(3,4)8-10(2)14/h7,10H,6,8-9,14H2,1-5H3. The van der Waals surface area contributed by atoms with Crippen molar-refractivity contribution in [2.75, 3.05) is 0 Å². The lowest BCUT2D eigenvalue weighted by Crippen LogP contribution is -2.27. The average molecular weight is 223 g/mol. The van der Waals surface area contributed by atoms with Gasteiger partial charge in [0.2, 0.25) is 0 Å². The maximum absolute atomic E-state index is 5.88. The minimum atomic E-state index is 0.243. The molecule has 1 aromatic heterocycles. The maximum atomic E-state index is 5.88. The van der Waals surface area contributed by atoms with Crippen molar-refractivity contribution in [3.8, 4) is 0 Å². The van der Waals surface area contributed by atoms with Crippen molar-refractivity contribution in [2.24, 2.45) is 18.2 Å². The summed E-state index contributed by atoms with van der Waals surface area (Å²) in [7, 11) is 2.02. The molecule has 0 spiro atoms. The Kier molecular flexibility index (Phi) is 4.14. The molecular formula is C13H25N3. The Morgan fingerprint density at radius 3 is 2.56 bits per heavy atom. The summed E-state index contributed by atoms with van der Waals surface area (Å²) in [4.78, 5) is 0. The quantitative estimate of drug-likeness (QED) is 0.832. The number of hydrogen-bond donors (Lipinski definition) is 1. The second-order valence-corrected chi connectivity index (χ2v) is 5.63. The van der Waals surface area contributed by atoms with Gasteiger partial charge in [0.05, 0.1) is 5.69 Å². The zero-order valence-electron chi connectivity index (χ0n) is 11.2. The van der Waals surface area contributed by atoms with Gasteiger partial charge in [-0.3, -0.25) is 4.68 Å². The van der Waals surface area contributed by atoms with Crippen molar-refractivity contribution < 1.29 is 0 Å². The van der Waals surface area contributed by atoms with Crippen molar-refractivity contribution >= 4 is 0 Å². The molecule has 0 bridgehead atoms.